The standard InChI is InChI=1S/C11H9Br2F3O2/c12-5-1-2-9(17)8-4-3-7(13)6-10(8)18-11(14,15)16/h3-4,6H,1-2,5H2. The lowest BCUT2D eigenvalue weighted by atomic mass is 10.1. The van der Waals surface area contributed by atoms with Gasteiger partial charge in [-0.25, -0.2) is 0 Å². The van der Waals surface area contributed by atoms with Gasteiger partial charge in [0.05, 0.1) is 5.56 Å². The van der Waals surface area contributed by atoms with E-state index >= 15 is 0 Å². The van der Waals surface area contributed by atoms with E-state index in [1.54, 1.807) is 0 Å². The fourth-order valence-electron chi connectivity index (χ4n) is 1.30. The predicted molar refractivity (Wildman–Crippen MR) is 68.2 cm³/mol. The van der Waals surface area contributed by atoms with E-state index < -0.39 is 12.1 Å². The molecular formula is C11H9Br2F3O2. The summed E-state index contributed by atoms with van der Waals surface area (Å²) >= 11 is 6.20. The van der Waals surface area contributed by atoms with Crippen molar-refractivity contribution in [2.45, 2.75) is 19.2 Å². The summed E-state index contributed by atoms with van der Waals surface area (Å²) in [4.78, 5) is 11.7. The van der Waals surface area contributed by atoms with Crippen molar-refractivity contribution in [2.24, 2.45) is 0 Å². The molecule has 0 aliphatic carbocycles. The minimum atomic E-state index is -4.81. The average Bonchev–Trinajstić information content (AvgIpc) is 2.23. The highest BCUT2D eigenvalue weighted by Gasteiger charge is 2.32. The van der Waals surface area contributed by atoms with Crippen LogP contribution < -0.4 is 4.74 Å². The van der Waals surface area contributed by atoms with Crippen LogP contribution in [-0.4, -0.2) is 17.5 Å². The molecule has 100 valence electrons. The van der Waals surface area contributed by atoms with E-state index in [-0.39, 0.29) is 17.8 Å². The molecule has 0 amide bonds. The second kappa shape index (κ2) is 6.56. The molecule has 0 atom stereocenters. The Kier molecular flexibility index (Phi) is 5.65. The number of carbonyl (C=O) groups excluding carboxylic acids is 1. The first kappa shape index (κ1) is 15.5. The van der Waals surface area contributed by atoms with Crippen LogP contribution >= 0.6 is 31.9 Å². The van der Waals surface area contributed by atoms with Gasteiger partial charge in [0.1, 0.15) is 5.75 Å². The Bertz CT molecular complexity index is 433. The van der Waals surface area contributed by atoms with Gasteiger partial charge in [0.2, 0.25) is 0 Å². The maximum absolute atomic E-state index is 12.2. The fraction of sp³-hybridized carbons (Fsp3) is 0.364. The van der Waals surface area contributed by atoms with E-state index in [4.69, 9.17) is 0 Å². The number of halogens is 5. The third-order valence-corrected chi connectivity index (χ3v) is 3.06. The van der Waals surface area contributed by atoms with Crippen LogP contribution in [0.1, 0.15) is 23.2 Å². The van der Waals surface area contributed by atoms with Gasteiger partial charge in [0, 0.05) is 16.2 Å². The van der Waals surface area contributed by atoms with Crippen LogP contribution in [0.15, 0.2) is 22.7 Å². The molecule has 2 nitrogen and oxygen atoms in total. The van der Waals surface area contributed by atoms with Gasteiger partial charge < -0.3 is 4.74 Å². The number of rotatable bonds is 5. The van der Waals surface area contributed by atoms with Crippen molar-refractivity contribution in [1.29, 1.82) is 0 Å². The van der Waals surface area contributed by atoms with Crippen LogP contribution in [-0.2, 0) is 0 Å². The van der Waals surface area contributed by atoms with Crippen molar-refractivity contribution in [2.75, 3.05) is 5.33 Å². The SMILES string of the molecule is O=C(CCCBr)c1ccc(Br)cc1OC(F)(F)F. The van der Waals surface area contributed by atoms with Gasteiger partial charge >= 0.3 is 6.36 Å². The molecule has 7 heteroatoms. The number of Topliss-reactive ketones (excluding diaryl/α,β-unsaturated/α-hetero) is 1. The number of benzene rings is 1. The van der Waals surface area contributed by atoms with Crippen molar-refractivity contribution >= 4 is 37.6 Å². The highest BCUT2D eigenvalue weighted by atomic mass is 79.9. The summed E-state index contributed by atoms with van der Waals surface area (Å²) in [6, 6.07) is 3.96. The molecule has 0 aromatic heterocycles. The number of carbonyl (C=O) groups is 1. The molecule has 0 aliphatic heterocycles. The lowest BCUT2D eigenvalue weighted by Gasteiger charge is -2.12. The Labute approximate surface area is 119 Å². The highest BCUT2D eigenvalue weighted by Crippen LogP contribution is 2.30. The van der Waals surface area contributed by atoms with Crippen LogP contribution in [0.3, 0.4) is 0 Å². The van der Waals surface area contributed by atoms with Gasteiger partial charge in [0.25, 0.3) is 0 Å². The summed E-state index contributed by atoms with van der Waals surface area (Å²) in [6.07, 6.45) is -4.09. The Hall–Kier alpha value is -0.560. The minimum absolute atomic E-state index is 0.0588. The maximum Gasteiger partial charge on any atom is 0.573 e. The van der Waals surface area contributed by atoms with Crippen LogP contribution in [0.25, 0.3) is 0 Å². The van der Waals surface area contributed by atoms with E-state index in [1.165, 1.54) is 12.1 Å². The van der Waals surface area contributed by atoms with E-state index in [0.717, 1.165) is 6.07 Å². The van der Waals surface area contributed by atoms with Crippen LogP contribution in [0, 0.1) is 0 Å². The zero-order valence-electron chi connectivity index (χ0n) is 9.06. The Morgan fingerprint density at radius 1 is 1.33 bits per heavy atom. The van der Waals surface area contributed by atoms with E-state index in [9.17, 15) is 18.0 Å². The molecule has 0 fully saturated rings. The van der Waals surface area contributed by atoms with E-state index in [1.807, 2.05) is 0 Å². The highest BCUT2D eigenvalue weighted by molar-refractivity contribution is 9.10. The molecule has 0 radical (unpaired) electrons. The lowest BCUT2D eigenvalue weighted by molar-refractivity contribution is -0.274. The maximum atomic E-state index is 12.2. The number of hydrogen-bond acceptors (Lipinski definition) is 2. The molecule has 0 heterocycles. The molecule has 0 saturated carbocycles. The van der Waals surface area contributed by atoms with Gasteiger partial charge in [-0.3, -0.25) is 4.79 Å². The second-order valence-electron chi connectivity index (χ2n) is 3.40. The van der Waals surface area contributed by atoms with Crippen molar-refractivity contribution in [3.8, 4) is 5.75 Å². The second-order valence-corrected chi connectivity index (χ2v) is 5.11. The third-order valence-electron chi connectivity index (χ3n) is 2.01. The first-order valence-electron chi connectivity index (χ1n) is 4.98. The predicted octanol–water partition coefficient (Wildman–Crippen LogP) is 4.71. The third kappa shape index (κ3) is 4.97. The van der Waals surface area contributed by atoms with Crippen molar-refractivity contribution in [1.82, 2.24) is 0 Å². The van der Waals surface area contributed by atoms with Gasteiger partial charge in [0.15, 0.2) is 5.78 Å². The Morgan fingerprint density at radius 3 is 2.56 bits per heavy atom. The molecule has 18 heavy (non-hydrogen) atoms. The average molecular weight is 390 g/mol. The molecule has 0 saturated heterocycles. The summed E-state index contributed by atoms with van der Waals surface area (Å²) < 4.78 is 40.9. The van der Waals surface area contributed by atoms with Crippen LogP contribution in [0.5, 0.6) is 5.75 Å². The molecule has 0 unspecified atom stereocenters. The number of ketones is 1. The molecular weight excluding hydrogens is 381 g/mol. The van der Waals surface area contributed by atoms with E-state index in [2.05, 4.69) is 36.6 Å². The first-order chi connectivity index (χ1) is 8.33. The van der Waals surface area contributed by atoms with Crippen LogP contribution in [0.2, 0.25) is 0 Å². The summed E-state index contributed by atoms with van der Waals surface area (Å²) in [7, 11) is 0. The molecule has 1 aromatic carbocycles. The van der Waals surface area contributed by atoms with Crippen molar-refractivity contribution in [3.05, 3.63) is 28.2 Å². The Morgan fingerprint density at radius 2 is 2.00 bits per heavy atom. The molecule has 0 aliphatic rings. The molecule has 0 spiro atoms. The first-order valence-corrected chi connectivity index (χ1v) is 6.89. The largest absolute Gasteiger partial charge is 0.573 e. The quantitative estimate of drug-likeness (QED) is 0.538. The smallest absolute Gasteiger partial charge is 0.405 e. The van der Waals surface area contributed by atoms with Gasteiger partial charge in [-0.15, -0.1) is 13.2 Å². The molecule has 0 bridgehead atoms. The zero-order chi connectivity index (χ0) is 13.8. The summed E-state index contributed by atoms with van der Waals surface area (Å²) in [5.74, 6) is -0.849. The molecule has 1 rings (SSSR count). The number of alkyl halides is 4. The van der Waals surface area contributed by atoms with Crippen LogP contribution in [0.4, 0.5) is 13.2 Å². The number of hydrogen-bond donors (Lipinski definition) is 0. The summed E-state index contributed by atoms with van der Waals surface area (Å²) in [5.41, 5.74) is -0.0588. The molecule has 0 N–H and O–H groups in total. The van der Waals surface area contributed by atoms with Gasteiger partial charge in [-0.05, 0) is 24.6 Å². The lowest BCUT2D eigenvalue weighted by Crippen LogP contribution is -2.19. The summed E-state index contributed by atoms with van der Waals surface area (Å²) in [5, 5.41) is 0.616. The van der Waals surface area contributed by atoms with Crippen molar-refractivity contribution in [3.63, 3.8) is 0 Å². The van der Waals surface area contributed by atoms with Gasteiger partial charge in [-0.1, -0.05) is 31.9 Å². The zero-order valence-corrected chi connectivity index (χ0v) is 12.2. The fourth-order valence-corrected chi connectivity index (χ4v) is 1.92. The minimum Gasteiger partial charge on any atom is -0.405 e. The van der Waals surface area contributed by atoms with E-state index in [0.29, 0.717) is 16.2 Å². The number of ether oxygens (including phenoxy) is 1. The Balaban J connectivity index is 2.99. The normalized spacial score (nSPS) is 11.4. The molecule has 1 aromatic rings. The van der Waals surface area contributed by atoms with Crippen molar-refractivity contribution < 1.29 is 22.7 Å². The monoisotopic (exact) mass is 388 g/mol. The topological polar surface area (TPSA) is 26.3 Å². The summed E-state index contributed by atoms with van der Waals surface area (Å²) in [6.45, 7) is 0. The van der Waals surface area contributed by atoms with Gasteiger partial charge in [-0.2, -0.15) is 0 Å².